The maximum Gasteiger partial charge on any atom is 0.0974 e. The minimum Gasteiger partial charge on any atom is -0.251 e. The average Bonchev–Trinajstić information content (AvgIpc) is 3.05. The van der Waals surface area contributed by atoms with Crippen molar-refractivity contribution in [2.75, 3.05) is 0 Å². The number of fused-ring (bicyclic) bond motifs is 3. The molecule has 3 nitrogen and oxygen atoms in total. The van der Waals surface area contributed by atoms with Crippen LogP contribution < -0.4 is 0 Å². The van der Waals surface area contributed by atoms with Crippen molar-refractivity contribution in [2.45, 2.75) is 13.3 Å². The van der Waals surface area contributed by atoms with Crippen LogP contribution in [0.5, 0.6) is 0 Å². The second-order valence-corrected chi connectivity index (χ2v) is 9.97. The van der Waals surface area contributed by atoms with Crippen molar-refractivity contribution in [1.29, 1.82) is 0 Å². The minimum atomic E-state index is 0.833. The fraction of sp³-hybridized carbons (Fsp3) is 0.0541. The van der Waals surface area contributed by atoms with Gasteiger partial charge in [0.2, 0.25) is 0 Å². The molecule has 0 N–H and O–H groups in total. The number of benzene rings is 4. The van der Waals surface area contributed by atoms with Crippen LogP contribution in [0.15, 0.2) is 133 Å². The third kappa shape index (κ3) is 4.42. The number of aromatic nitrogens is 3. The van der Waals surface area contributed by atoms with Crippen molar-refractivity contribution >= 4 is 21.8 Å². The van der Waals surface area contributed by atoms with Gasteiger partial charge in [0.1, 0.15) is 0 Å². The molecule has 0 atom stereocenters. The molecule has 3 heteroatoms. The molecule has 0 aliphatic rings. The maximum atomic E-state index is 5.23. The van der Waals surface area contributed by atoms with Crippen LogP contribution in [0.25, 0.3) is 66.7 Å². The fourth-order valence-corrected chi connectivity index (χ4v) is 5.32. The number of pyridine rings is 3. The van der Waals surface area contributed by atoms with Crippen molar-refractivity contribution < 1.29 is 0 Å². The quantitative estimate of drug-likeness (QED) is 0.215. The zero-order chi connectivity index (χ0) is 26.9. The Morgan fingerprint density at radius 1 is 0.450 bits per heavy atom. The molecule has 0 radical (unpaired) electrons. The maximum absolute atomic E-state index is 5.23. The molecule has 0 aliphatic heterocycles. The number of hydrogen-bond donors (Lipinski definition) is 0. The monoisotopic (exact) mass is 513 g/mol. The van der Waals surface area contributed by atoms with Crippen LogP contribution in [0.2, 0.25) is 0 Å². The molecular formula is C37H27N3. The summed E-state index contributed by atoms with van der Waals surface area (Å²) in [5.74, 6) is 0. The molecule has 40 heavy (non-hydrogen) atoms. The Bertz CT molecular complexity index is 1910. The SMILES string of the molecule is CCc1cc(-c2ccccc2)c2ccc3ccc(-c4cc(-c5ccccc5)cc(-c5ccccc5)n4)nc3c2n1. The molecule has 0 saturated carbocycles. The second kappa shape index (κ2) is 10.2. The Labute approximate surface area is 233 Å². The summed E-state index contributed by atoms with van der Waals surface area (Å²) in [6, 6.07) is 46.4. The van der Waals surface area contributed by atoms with Gasteiger partial charge in [0.05, 0.1) is 28.1 Å². The van der Waals surface area contributed by atoms with E-state index in [0.717, 1.165) is 67.7 Å². The molecule has 4 aromatic carbocycles. The molecule has 3 heterocycles. The second-order valence-electron chi connectivity index (χ2n) is 9.97. The molecule has 0 saturated heterocycles. The molecule has 7 aromatic rings. The van der Waals surface area contributed by atoms with E-state index in [9.17, 15) is 0 Å². The third-order valence-electron chi connectivity index (χ3n) is 7.40. The predicted octanol–water partition coefficient (Wildman–Crippen LogP) is 9.41. The lowest BCUT2D eigenvalue weighted by molar-refractivity contribution is 1.06. The van der Waals surface area contributed by atoms with E-state index < -0.39 is 0 Å². The first-order valence-corrected chi connectivity index (χ1v) is 13.7. The number of aryl methyl sites for hydroxylation is 1. The molecule has 0 bridgehead atoms. The average molecular weight is 514 g/mol. The molecular weight excluding hydrogens is 486 g/mol. The number of nitrogens with zero attached hydrogens (tertiary/aromatic N) is 3. The van der Waals surface area contributed by atoms with E-state index >= 15 is 0 Å². The van der Waals surface area contributed by atoms with Gasteiger partial charge in [0.25, 0.3) is 0 Å². The van der Waals surface area contributed by atoms with Crippen molar-refractivity contribution in [2.24, 2.45) is 0 Å². The minimum absolute atomic E-state index is 0.833. The summed E-state index contributed by atoms with van der Waals surface area (Å²) < 4.78 is 0. The number of hydrogen-bond acceptors (Lipinski definition) is 3. The van der Waals surface area contributed by atoms with Gasteiger partial charge in [-0.2, -0.15) is 0 Å². The van der Waals surface area contributed by atoms with Gasteiger partial charge in [-0.25, -0.2) is 9.97 Å². The van der Waals surface area contributed by atoms with E-state index in [1.807, 2.05) is 24.3 Å². The van der Waals surface area contributed by atoms with E-state index in [4.69, 9.17) is 15.0 Å². The normalized spacial score (nSPS) is 11.2. The van der Waals surface area contributed by atoms with Crippen LogP contribution in [0.3, 0.4) is 0 Å². The van der Waals surface area contributed by atoms with Crippen LogP contribution in [0, 0.1) is 0 Å². The smallest absolute Gasteiger partial charge is 0.0974 e. The summed E-state index contributed by atoms with van der Waals surface area (Å²) in [5.41, 5.74) is 11.2. The Morgan fingerprint density at radius 3 is 1.77 bits per heavy atom. The summed E-state index contributed by atoms with van der Waals surface area (Å²) in [4.78, 5) is 15.4. The van der Waals surface area contributed by atoms with Gasteiger partial charge in [0.15, 0.2) is 0 Å². The zero-order valence-corrected chi connectivity index (χ0v) is 22.3. The fourth-order valence-electron chi connectivity index (χ4n) is 5.32. The van der Waals surface area contributed by atoms with Gasteiger partial charge >= 0.3 is 0 Å². The van der Waals surface area contributed by atoms with Crippen molar-refractivity contribution in [3.05, 3.63) is 139 Å². The highest BCUT2D eigenvalue weighted by Gasteiger charge is 2.14. The Balaban J connectivity index is 1.46. The molecule has 3 aromatic heterocycles. The molecule has 0 spiro atoms. The number of rotatable bonds is 5. The van der Waals surface area contributed by atoms with Crippen molar-refractivity contribution in [1.82, 2.24) is 15.0 Å². The van der Waals surface area contributed by atoms with E-state index in [0.29, 0.717) is 0 Å². The molecule has 7 rings (SSSR count). The van der Waals surface area contributed by atoms with Gasteiger partial charge in [-0.3, -0.25) is 4.98 Å². The van der Waals surface area contributed by atoms with Gasteiger partial charge in [-0.05, 0) is 52.9 Å². The van der Waals surface area contributed by atoms with Gasteiger partial charge in [-0.15, -0.1) is 0 Å². The molecule has 0 unspecified atom stereocenters. The van der Waals surface area contributed by atoms with E-state index in [1.54, 1.807) is 0 Å². The van der Waals surface area contributed by atoms with Crippen LogP contribution in [0.1, 0.15) is 12.6 Å². The lowest BCUT2D eigenvalue weighted by Crippen LogP contribution is -1.96. The van der Waals surface area contributed by atoms with E-state index in [2.05, 4.69) is 116 Å². The van der Waals surface area contributed by atoms with Gasteiger partial charge in [0, 0.05) is 22.0 Å². The Kier molecular flexibility index (Phi) is 6.10. The van der Waals surface area contributed by atoms with E-state index in [-0.39, 0.29) is 0 Å². The third-order valence-corrected chi connectivity index (χ3v) is 7.40. The summed E-state index contributed by atoms with van der Waals surface area (Å²) >= 11 is 0. The predicted molar refractivity (Wildman–Crippen MR) is 166 cm³/mol. The molecule has 190 valence electrons. The van der Waals surface area contributed by atoms with Crippen LogP contribution in [-0.2, 0) is 6.42 Å². The molecule has 0 fully saturated rings. The highest BCUT2D eigenvalue weighted by Crippen LogP contribution is 2.34. The van der Waals surface area contributed by atoms with Crippen molar-refractivity contribution in [3.8, 4) is 44.9 Å². The van der Waals surface area contributed by atoms with Crippen LogP contribution in [0.4, 0.5) is 0 Å². The van der Waals surface area contributed by atoms with Gasteiger partial charge < -0.3 is 0 Å². The van der Waals surface area contributed by atoms with E-state index in [1.165, 1.54) is 11.1 Å². The highest BCUT2D eigenvalue weighted by molar-refractivity contribution is 6.08. The lowest BCUT2D eigenvalue weighted by atomic mass is 9.98. The summed E-state index contributed by atoms with van der Waals surface area (Å²) in [6.45, 7) is 2.15. The van der Waals surface area contributed by atoms with Crippen molar-refractivity contribution in [3.63, 3.8) is 0 Å². The first kappa shape index (κ1) is 23.9. The molecule has 0 amide bonds. The standard InChI is InChI=1S/C37H27N3/c1-2-30-24-32(26-14-8-4-9-15-26)31-20-18-28-19-21-33(40-36(28)37(31)38-30)35-23-29(25-12-6-3-7-13-25)22-34(39-35)27-16-10-5-11-17-27/h3-24H,2H2,1H3. The summed E-state index contributed by atoms with van der Waals surface area (Å²) in [7, 11) is 0. The van der Waals surface area contributed by atoms with Crippen LogP contribution >= 0.6 is 0 Å². The summed E-state index contributed by atoms with van der Waals surface area (Å²) in [5, 5.41) is 2.18. The Hall–Kier alpha value is -5.15. The first-order chi connectivity index (χ1) is 19.8. The largest absolute Gasteiger partial charge is 0.251 e. The zero-order valence-electron chi connectivity index (χ0n) is 22.3. The van der Waals surface area contributed by atoms with Gasteiger partial charge in [-0.1, -0.05) is 116 Å². The lowest BCUT2D eigenvalue weighted by Gasteiger charge is -2.13. The first-order valence-electron chi connectivity index (χ1n) is 13.7. The van der Waals surface area contributed by atoms with Crippen LogP contribution in [-0.4, -0.2) is 15.0 Å². The Morgan fingerprint density at radius 2 is 1.07 bits per heavy atom. The topological polar surface area (TPSA) is 38.7 Å². The summed E-state index contributed by atoms with van der Waals surface area (Å²) in [6.07, 6.45) is 0.854. The highest BCUT2D eigenvalue weighted by atomic mass is 14.8. The molecule has 0 aliphatic carbocycles.